The van der Waals surface area contributed by atoms with E-state index >= 15 is 0 Å². The molecule has 0 unspecified atom stereocenters. The minimum Gasteiger partial charge on any atom is -0.491 e. The molecule has 1 aromatic heterocycles. The van der Waals surface area contributed by atoms with Crippen LogP contribution in [0.15, 0.2) is 30.5 Å². The fraction of sp³-hybridized carbons (Fsp3) is 0.429. The van der Waals surface area contributed by atoms with Gasteiger partial charge in [-0.05, 0) is 24.1 Å². The normalized spacial score (nSPS) is 12.0. The lowest BCUT2D eigenvalue weighted by Gasteiger charge is -2.22. The third-order valence-corrected chi connectivity index (χ3v) is 6.10. The van der Waals surface area contributed by atoms with E-state index in [4.69, 9.17) is 25.8 Å². The van der Waals surface area contributed by atoms with Crippen molar-refractivity contribution in [2.24, 2.45) is 5.92 Å². The molecule has 0 aliphatic carbocycles. The van der Waals surface area contributed by atoms with Gasteiger partial charge in [-0.1, -0.05) is 25.4 Å². The predicted molar refractivity (Wildman–Crippen MR) is 123 cm³/mol. The summed E-state index contributed by atoms with van der Waals surface area (Å²) in [6, 6.07) is 4.71. The van der Waals surface area contributed by atoms with Gasteiger partial charge < -0.3 is 19.3 Å². The summed E-state index contributed by atoms with van der Waals surface area (Å²) in [4.78, 5) is 15.4. The number of carboxylic acid groups (broad SMARTS) is 1. The second-order valence-corrected chi connectivity index (χ2v) is 9.84. The number of rotatable bonds is 12. The number of alkyl halides is 3. The number of amides is 1. The van der Waals surface area contributed by atoms with Crippen molar-refractivity contribution in [1.82, 2.24) is 14.0 Å². The second kappa shape index (κ2) is 12.4. The molecule has 200 valence electrons. The molecule has 0 fully saturated rings. The molecular formula is C21H25ClF3N3O7S. The predicted octanol–water partition coefficient (Wildman–Crippen LogP) is 4.54. The Morgan fingerprint density at radius 3 is 2.50 bits per heavy atom. The van der Waals surface area contributed by atoms with Crippen molar-refractivity contribution in [3.8, 4) is 17.4 Å². The molecule has 0 saturated heterocycles. The summed E-state index contributed by atoms with van der Waals surface area (Å²) >= 11 is 5.93. The van der Waals surface area contributed by atoms with Gasteiger partial charge in [0, 0.05) is 31.5 Å². The van der Waals surface area contributed by atoms with Crippen LogP contribution in [0.2, 0.25) is 5.02 Å². The molecule has 2 N–H and O–H groups in total. The molecule has 0 aliphatic heterocycles. The van der Waals surface area contributed by atoms with E-state index < -0.39 is 45.5 Å². The Morgan fingerprint density at radius 1 is 1.25 bits per heavy atom. The molecule has 15 heteroatoms. The van der Waals surface area contributed by atoms with E-state index in [2.05, 4.69) is 9.71 Å². The second-order valence-electron chi connectivity index (χ2n) is 7.76. The number of methoxy groups -OCH3 is 1. The molecule has 0 spiro atoms. The van der Waals surface area contributed by atoms with Crippen LogP contribution in [0.1, 0.15) is 25.0 Å². The summed E-state index contributed by atoms with van der Waals surface area (Å²) in [6.07, 6.45) is -5.93. The van der Waals surface area contributed by atoms with Gasteiger partial charge in [-0.15, -0.1) is 0 Å². The highest BCUT2D eigenvalue weighted by atomic mass is 35.5. The van der Waals surface area contributed by atoms with Crippen LogP contribution < -0.4 is 14.2 Å². The lowest BCUT2D eigenvalue weighted by atomic mass is 10.2. The first-order chi connectivity index (χ1) is 16.7. The molecule has 36 heavy (non-hydrogen) atoms. The first-order valence-corrected chi connectivity index (χ1v) is 12.2. The van der Waals surface area contributed by atoms with Gasteiger partial charge in [0.25, 0.3) is 0 Å². The van der Waals surface area contributed by atoms with Crippen LogP contribution in [0.3, 0.4) is 0 Å². The van der Waals surface area contributed by atoms with Crippen LogP contribution in [0.4, 0.5) is 18.0 Å². The highest BCUT2D eigenvalue weighted by Gasteiger charge is 2.32. The first kappa shape index (κ1) is 29.4. The van der Waals surface area contributed by atoms with E-state index in [9.17, 15) is 31.5 Å². The molecule has 0 radical (unpaired) electrons. The number of aromatic nitrogens is 1. The van der Waals surface area contributed by atoms with Crippen molar-refractivity contribution >= 4 is 27.9 Å². The van der Waals surface area contributed by atoms with Gasteiger partial charge >= 0.3 is 22.5 Å². The number of nitrogens with one attached hydrogen (secondary N) is 1. The number of ether oxygens (including phenoxy) is 3. The number of benzene rings is 1. The van der Waals surface area contributed by atoms with Gasteiger partial charge in [0.1, 0.15) is 23.1 Å². The van der Waals surface area contributed by atoms with Crippen LogP contribution in [-0.2, 0) is 27.7 Å². The number of hydrogen-bond acceptors (Lipinski definition) is 7. The van der Waals surface area contributed by atoms with E-state index in [-0.39, 0.29) is 47.0 Å². The molecule has 0 aliphatic rings. The number of carbonyl (C=O) groups is 1. The van der Waals surface area contributed by atoms with Crippen LogP contribution in [0, 0.1) is 5.92 Å². The van der Waals surface area contributed by atoms with Crippen molar-refractivity contribution in [3.63, 3.8) is 0 Å². The van der Waals surface area contributed by atoms with Crippen LogP contribution in [-0.4, -0.2) is 55.8 Å². The maximum atomic E-state index is 12.9. The van der Waals surface area contributed by atoms with E-state index in [1.807, 2.05) is 0 Å². The van der Waals surface area contributed by atoms with Gasteiger partial charge in [0.05, 0.1) is 18.7 Å². The average Bonchev–Trinajstić information content (AvgIpc) is 2.77. The molecule has 1 aromatic carbocycles. The molecule has 2 aromatic rings. The Balaban J connectivity index is 2.45. The molecule has 2 rings (SSSR count). The average molecular weight is 556 g/mol. The first-order valence-electron chi connectivity index (χ1n) is 10.4. The topological polar surface area (TPSA) is 127 Å². The summed E-state index contributed by atoms with van der Waals surface area (Å²) in [5, 5.41) is 9.08. The molecule has 10 nitrogen and oxygen atoms in total. The Bertz CT molecular complexity index is 1160. The van der Waals surface area contributed by atoms with Gasteiger partial charge in [0.15, 0.2) is 0 Å². The molecule has 0 bridgehead atoms. The monoisotopic (exact) mass is 555 g/mol. The highest BCUT2D eigenvalue weighted by Crippen LogP contribution is 2.36. The van der Waals surface area contributed by atoms with Crippen LogP contribution in [0.5, 0.6) is 17.4 Å². The van der Waals surface area contributed by atoms with Crippen molar-refractivity contribution < 1.29 is 45.7 Å². The van der Waals surface area contributed by atoms with Gasteiger partial charge in [0.2, 0.25) is 5.88 Å². The number of nitrogens with zero attached hydrogens (tertiary/aromatic N) is 2. The quantitative estimate of drug-likeness (QED) is 0.365. The van der Waals surface area contributed by atoms with Gasteiger partial charge in [-0.25, -0.2) is 9.78 Å². The largest absolute Gasteiger partial charge is 0.491 e. The molecule has 0 atom stereocenters. The smallest absolute Gasteiger partial charge is 0.422 e. The number of halogens is 4. The lowest BCUT2D eigenvalue weighted by Crippen LogP contribution is -2.44. The highest BCUT2D eigenvalue weighted by molar-refractivity contribution is 7.87. The zero-order valence-corrected chi connectivity index (χ0v) is 21.1. The minimum atomic E-state index is -4.69. The maximum absolute atomic E-state index is 12.9. The fourth-order valence-electron chi connectivity index (χ4n) is 2.61. The molecule has 0 saturated carbocycles. The molecule has 1 heterocycles. The standard InChI is InChI=1S/C21H25ClF3N3O7S/c1-13(2)10-27-36(31,32)28(20(29)30)12-14-4-5-16(34-7-6-33-3)9-18(14)35-19-17(22)8-15(11-26-19)21(23,24)25/h4-5,8-9,11,13,27H,6-7,10,12H2,1-3H3,(H,29,30). The summed E-state index contributed by atoms with van der Waals surface area (Å²) in [5.41, 5.74) is -1.06. The number of pyridine rings is 1. The van der Waals surface area contributed by atoms with Crippen LogP contribution in [0.25, 0.3) is 0 Å². The zero-order valence-electron chi connectivity index (χ0n) is 19.5. The van der Waals surface area contributed by atoms with Crippen LogP contribution >= 0.6 is 11.6 Å². The minimum absolute atomic E-state index is 0.00711. The molecular weight excluding hydrogens is 531 g/mol. The summed E-state index contributed by atoms with van der Waals surface area (Å²) in [5.74, 6) is -0.408. The SMILES string of the molecule is COCCOc1ccc(CN(C(=O)O)S(=O)(=O)NCC(C)C)c(Oc2ncc(C(F)(F)F)cc2Cl)c1. The third kappa shape index (κ3) is 8.40. The fourth-order valence-corrected chi connectivity index (χ4v) is 4.03. The Kier molecular flexibility index (Phi) is 10.2. The van der Waals surface area contributed by atoms with E-state index in [0.717, 1.165) is 0 Å². The number of hydrogen-bond donors (Lipinski definition) is 2. The van der Waals surface area contributed by atoms with Crippen molar-refractivity contribution in [2.45, 2.75) is 26.6 Å². The Morgan fingerprint density at radius 2 is 1.94 bits per heavy atom. The Labute approximate surface area is 211 Å². The summed E-state index contributed by atoms with van der Waals surface area (Å²) < 4.78 is 82.4. The summed E-state index contributed by atoms with van der Waals surface area (Å²) in [6.45, 7) is 3.17. The van der Waals surface area contributed by atoms with Crippen molar-refractivity contribution in [2.75, 3.05) is 26.9 Å². The van der Waals surface area contributed by atoms with E-state index in [1.165, 1.54) is 25.3 Å². The zero-order chi connectivity index (χ0) is 27.1. The van der Waals surface area contributed by atoms with Crippen molar-refractivity contribution in [1.29, 1.82) is 0 Å². The van der Waals surface area contributed by atoms with Crippen molar-refractivity contribution in [3.05, 3.63) is 46.6 Å². The van der Waals surface area contributed by atoms with E-state index in [1.54, 1.807) is 13.8 Å². The lowest BCUT2D eigenvalue weighted by molar-refractivity contribution is -0.137. The Hall–Kier alpha value is -2.81. The third-order valence-electron chi connectivity index (χ3n) is 4.43. The van der Waals surface area contributed by atoms with Gasteiger partial charge in [-0.2, -0.15) is 30.6 Å². The summed E-state index contributed by atoms with van der Waals surface area (Å²) in [7, 11) is -2.98. The van der Waals surface area contributed by atoms with E-state index in [0.29, 0.717) is 12.3 Å². The molecule has 1 amide bonds. The van der Waals surface area contributed by atoms with Gasteiger partial charge in [-0.3, -0.25) is 0 Å². The maximum Gasteiger partial charge on any atom is 0.422 e.